The van der Waals surface area contributed by atoms with Gasteiger partial charge in [0.1, 0.15) is 5.60 Å². The average molecular weight is 386 g/mol. The van der Waals surface area contributed by atoms with Gasteiger partial charge in [-0.05, 0) is 50.5 Å². The van der Waals surface area contributed by atoms with Gasteiger partial charge < -0.3 is 25.3 Å². The molecule has 0 aliphatic heterocycles. The smallest absolute Gasteiger partial charge is 0.213 e. The second kappa shape index (κ2) is 9.82. The molecule has 1 aromatic carbocycles. The minimum atomic E-state index is -0.269. The first kappa shape index (κ1) is 21.3. The molecule has 0 bridgehead atoms. The summed E-state index contributed by atoms with van der Waals surface area (Å²) >= 11 is 0. The van der Waals surface area contributed by atoms with Gasteiger partial charge in [-0.25, -0.2) is 9.98 Å². The van der Waals surface area contributed by atoms with Crippen LogP contribution in [0.2, 0.25) is 0 Å². The summed E-state index contributed by atoms with van der Waals surface area (Å²) in [7, 11) is 3.25. The standard InChI is InChI=1S/C21H30N4O3/c1-21(2,3)28-19-9-7-16(13-24-19)14-25-20(22)23-11-10-15-6-8-17(26-4)18(12-15)27-5/h6-9,12-13H,10-11,14H2,1-5H3,(H3,22,23,25). The fourth-order valence-corrected chi connectivity index (χ4v) is 2.48. The number of hydrogen-bond acceptors (Lipinski definition) is 5. The van der Waals surface area contributed by atoms with Crippen LogP contribution in [0.15, 0.2) is 41.5 Å². The summed E-state index contributed by atoms with van der Waals surface area (Å²) in [5.74, 6) is 2.43. The van der Waals surface area contributed by atoms with E-state index < -0.39 is 0 Å². The lowest BCUT2D eigenvalue weighted by molar-refractivity contribution is 0.124. The van der Waals surface area contributed by atoms with E-state index in [2.05, 4.69) is 15.3 Å². The molecule has 2 aromatic rings. The zero-order valence-electron chi connectivity index (χ0n) is 17.3. The summed E-state index contributed by atoms with van der Waals surface area (Å²) < 4.78 is 16.3. The summed E-state index contributed by atoms with van der Waals surface area (Å²) in [5.41, 5.74) is 7.77. The van der Waals surface area contributed by atoms with E-state index in [0.717, 1.165) is 17.5 Å². The summed E-state index contributed by atoms with van der Waals surface area (Å²) in [5, 5.41) is 3.12. The predicted octanol–water partition coefficient (Wildman–Crippen LogP) is 2.92. The molecule has 2 rings (SSSR count). The molecule has 0 aliphatic rings. The lowest BCUT2D eigenvalue weighted by Gasteiger charge is -2.20. The number of benzene rings is 1. The molecule has 7 heteroatoms. The van der Waals surface area contributed by atoms with Crippen LogP contribution in [-0.2, 0) is 13.0 Å². The van der Waals surface area contributed by atoms with Gasteiger partial charge in [-0.1, -0.05) is 12.1 Å². The van der Waals surface area contributed by atoms with Gasteiger partial charge in [0.15, 0.2) is 17.5 Å². The van der Waals surface area contributed by atoms with Gasteiger partial charge in [0.25, 0.3) is 0 Å². The maximum atomic E-state index is 5.95. The van der Waals surface area contributed by atoms with Crippen LogP contribution in [0.25, 0.3) is 0 Å². The predicted molar refractivity (Wildman–Crippen MR) is 111 cm³/mol. The maximum absolute atomic E-state index is 5.95. The molecular formula is C21H30N4O3. The van der Waals surface area contributed by atoms with Crippen molar-refractivity contribution < 1.29 is 14.2 Å². The summed E-state index contributed by atoms with van der Waals surface area (Å²) in [6.45, 7) is 7.09. The van der Waals surface area contributed by atoms with E-state index in [0.29, 0.717) is 36.4 Å². The second-order valence-corrected chi connectivity index (χ2v) is 7.29. The van der Waals surface area contributed by atoms with Crippen LogP contribution >= 0.6 is 0 Å². The summed E-state index contributed by atoms with van der Waals surface area (Å²) in [6.07, 6.45) is 2.54. The van der Waals surface area contributed by atoms with E-state index in [1.54, 1.807) is 20.4 Å². The number of aromatic nitrogens is 1. The topological polar surface area (TPSA) is 91.0 Å². The van der Waals surface area contributed by atoms with E-state index in [9.17, 15) is 0 Å². The molecule has 3 N–H and O–H groups in total. The SMILES string of the molecule is COc1ccc(CCNC(N)=NCc2ccc(OC(C)(C)C)nc2)cc1OC. The van der Waals surface area contributed by atoms with Crippen LogP contribution in [-0.4, -0.2) is 37.3 Å². The molecule has 0 saturated heterocycles. The number of guanidine groups is 1. The monoisotopic (exact) mass is 386 g/mol. The number of rotatable bonds is 8. The second-order valence-electron chi connectivity index (χ2n) is 7.29. The van der Waals surface area contributed by atoms with Crippen molar-refractivity contribution in [2.45, 2.75) is 39.3 Å². The average Bonchev–Trinajstić information content (AvgIpc) is 2.66. The molecule has 0 atom stereocenters. The minimum absolute atomic E-state index is 0.269. The van der Waals surface area contributed by atoms with Gasteiger partial charge in [-0.15, -0.1) is 0 Å². The van der Waals surface area contributed by atoms with Gasteiger partial charge in [-0.2, -0.15) is 0 Å². The van der Waals surface area contributed by atoms with Crippen LogP contribution < -0.4 is 25.3 Å². The molecule has 0 saturated carbocycles. The molecule has 0 fully saturated rings. The van der Waals surface area contributed by atoms with Gasteiger partial charge in [0, 0.05) is 18.8 Å². The van der Waals surface area contributed by atoms with Crippen molar-refractivity contribution in [2.75, 3.05) is 20.8 Å². The van der Waals surface area contributed by atoms with Crippen molar-refractivity contribution in [1.29, 1.82) is 0 Å². The van der Waals surface area contributed by atoms with Crippen LogP contribution in [0, 0.1) is 0 Å². The van der Waals surface area contributed by atoms with E-state index in [1.165, 1.54) is 0 Å². The molecule has 0 radical (unpaired) electrons. The van der Waals surface area contributed by atoms with Crippen LogP contribution in [0.4, 0.5) is 0 Å². The molecule has 1 heterocycles. The van der Waals surface area contributed by atoms with Gasteiger partial charge in [-0.3, -0.25) is 0 Å². The molecular weight excluding hydrogens is 356 g/mol. The van der Waals surface area contributed by atoms with Crippen molar-refractivity contribution in [2.24, 2.45) is 10.7 Å². The first-order chi connectivity index (χ1) is 13.3. The van der Waals surface area contributed by atoms with E-state index in [4.69, 9.17) is 19.9 Å². The van der Waals surface area contributed by atoms with Crippen molar-refractivity contribution >= 4 is 5.96 Å². The highest BCUT2D eigenvalue weighted by Gasteiger charge is 2.12. The lowest BCUT2D eigenvalue weighted by Crippen LogP contribution is -2.33. The highest BCUT2D eigenvalue weighted by Crippen LogP contribution is 2.27. The van der Waals surface area contributed by atoms with Crippen molar-refractivity contribution in [3.8, 4) is 17.4 Å². The molecule has 1 aromatic heterocycles. The Labute approximate surface area is 166 Å². The zero-order chi connectivity index (χ0) is 20.6. The number of nitrogens with zero attached hydrogens (tertiary/aromatic N) is 2. The lowest BCUT2D eigenvalue weighted by atomic mass is 10.1. The molecule has 0 amide bonds. The normalized spacial score (nSPS) is 11.8. The summed E-state index contributed by atoms with van der Waals surface area (Å²) in [4.78, 5) is 8.65. The largest absolute Gasteiger partial charge is 0.493 e. The zero-order valence-corrected chi connectivity index (χ0v) is 17.3. The van der Waals surface area contributed by atoms with Gasteiger partial charge in [0.2, 0.25) is 5.88 Å². The fraction of sp³-hybridized carbons (Fsp3) is 0.429. The number of methoxy groups -OCH3 is 2. The number of nitrogens with two attached hydrogens (primary N) is 1. The van der Waals surface area contributed by atoms with Crippen molar-refractivity contribution in [3.05, 3.63) is 47.7 Å². The number of aliphatic imine (C=N–C) groups is 1. The minimum Gasteiger partial charge on any atom is -0.493 e. The van der Waals surface area contributed by atoms with Crippen molar-refractivity contribution in [3.63, 3.8) is 0 Å². The van der Waals surface area contributed by atoms with Gasteiger partial charge in [0.05, 0.1) is 20.8 Å². The highest BCUT2D eigenvalue weighted by molar-refractivity contribution is 5.77. The fourth-order valence-electron chi connectivity index (χ4n) is 2.48. The van der Waals surface area contributed by atoms with Gasteiger partial charge >= 0.3 is 0 Å². The molecule has 7 nitrogen and oxygen atoms in total. The van der Waals surface area contributed by atoms with Crippen LogP contribution in [0.5, 0.6) is 17.4 Å². The Morgan fingerprint density at radius 3 is 2.39 bits per heavy atom. The number of hydrogen-bond donors (Lipinski definition) is 2. The third-order valence-electron chi connectivity index (χ3n) is 3.81. The Morgan fingerprint density at radius 1 is 1.07 bits per heavy atom. The Bertz CT molecular complexity index is 783. The van der Waals surface area contributed by atoms with E-state index >= 15 is 0 Å². The van der Waals surface area contributed by atoms with E-state index in [1.807, 2.05) is 51.1 Å². The van der Waals surface area contributed by atoms with Crippen LogP contribution in [0.1, 0.15) is 31.9 Å². The number of nitrogens with one attached hydrogen (secondary N) is 1. The first-order valence-corrected chi connectivity index (χ1v) is 9.19. The Morgan fingerprint density at radius 2 is 1.79 bits per heavy atom. The molecule has 0 unspecified atom stereocenters. The third kappa shape index (κ3) is 6.98. The maximum Gasteiger partial charge on any atom is 0.213 e. The molecule has 28 heavy (non-hydrogen) atoms. The first-order valence-electron chi connectivity index (χ1n) is 9.19. The van der Waals surface area contributed by atoms with Crippen molar-refractivity contribution in [1.82, 2.24) is 10.3 Å². The van der Waals surface area contributed by atoms with Crippen LogP contribution in [0.3, 0.4) is 0 Å². The highest BCUT2D eigenvalue weighted by atomic mass is 16.5. The Hall–Kier alpha value is -2.96. The molecule has 0 spiro atoms. The number of ether oxygens (including phenoxy) is 3. The summed E-state index contributed by atoms with van der Waals surface area (Å²) in [6, 6.07) is 9.64. The quantitative estimate of drug-likeness (QED) is 0.535. The third-order valence-corrected chi connectivity index (χ3v) is 3.81. The Kier molecular flexibility index (Phi) is 7.49. The molecule has 0 aliphatic carbocycles. The molecule has 152 valence electrons. The Balaban J connectivity index is 1.81. The number of pyridine rings is 1. The van der Waals surface area contributed by atoms with E-state index in [-0.39, 0.29) is 5.60 Å².